The molecule has 0 saturated carbocycles. The SMILES string of the molecule is C.CC(=O)CCl.CC(=O)CCl.CC(C)=O.CC(C)=O.Cl.Cl.ClCC1CO1.ClCl.ClCl.ClCl.O.O=C(CCl)CCl.O=C(CCl)CCl.OC(CCl)CCl.OC(CCl)CCl.[Cl-].[HH].[Na+]. The van der Waals surface area contributed by atoms with E-state index in [1.165, 1.54) is 41.5 Å². The van der Waals surface area contributed by atoms with Crippen LogP contribution in [0.2, 0.25) is 0 Å². The van der Waals surface area contributed by atoms with Crippen LogP contribution in [0.4, 0.5) is 0 Å². The Morgan fingerprint density at radius 3 is 0.661 bits per heavy atom. The number of hydrogen-bond donors (Lipinski definition) is 2. The van der Waals surface area contributed by atoms with Crippen molar-refractivity contribution in [3.05, 3.63) is 0 Å². The molecular weight excluding hydrogens is 1230 g/mol. The minimum atomic E-state index is -0.534. The Labute approximate surface area is 477 Å². The topological polar surface area (TPSA) is 187 Å². The Kier molecular flexibility index (Phi) is 232. The van der Waals surface area contributed by atoms with E-state index in [4.69, 9.17) is 143 Å². The summed E-state index contributed by atoms with van der Waals surface area (Å²) in [5.41, 5.74) is 0. The van der Waals surface area contributed by atoms with Crippen LogP contribution in [0.25, 0.3) is 0 Å². The quantitative estimate of drug-likeness (QED) is 0.138. The fraction of sp³-hybridized carbons (Fsp3) is 0.786. The zero-order valence-corrected chi connectivity index (χ0v) is 49.3. The van der Waals surface area contributed by atoms with E-state index in [0.29, 0.717) is 12.0 Å². The van der Waals surface area contributed by atoms with Gasteiger partial charge in [0.2, 0.25) is 0 Å². The monoisotopic (exact) mass is 1280 g/mol. The second-order valence-electron chi connectivity index (χ2n) is 8.13. The Hall–Kier alpha value is 4.66. The molecule has 1 heterocycles. The van der Waals surface area contributed by atoms with Crippen LogP contribution in [0.15, 0.2) is 0 Å². The average molecular weight is 1290 g/mol. The number of Topliss-reactive ketones (excluding diaryl/α,β-unsaturated/α-hetero) is 6. The molecule has 59 heavy (non-hydrogen) atoms. The summed E-state index contributed by atoms with van der Waals surface area (Å²) in [6.45, 7) is 9.89. The van der Waals surface area contributed by atoms with Crippen LogP contribution in [0, 0.1) is 0 Å². The van der Waals surface area contributed by atoms with E-state index in [0.717, 1.165) is 6.61 Å². The molecule has 1 unspecified atom stereocenters. The van der Waals surface area contributed by atoms with Crippen molar-refractivity contribution in [1.82, 2.24) is 0 Å². The summed E-state index contributed by atoms with van der Waals surface area (Å²) in [6, 6.07) is 0. The van der Waals surface area contributed by atoms with Crippen LogP contribution < -0.4 is 42.0 Å². The number of carbonyl (C=O) groups excluding carboxylic acids is 6. The van der Waals surface area contributed by atoms with Gasteiger partial charge in [0, 0.05) is 90.1 Å². The summed E-state index contributed by atoms with van der Waals surface area (Å²) in [5.74, 6) is 2.09. The molecule has 1 rings (SSSR count). The van der Waals surface area contributed by atoms with Gasteiger partial charge in [0.05, 0.1) is 66.1 Å². The van der Waals surface area contributed by atoms with Gasteiger partial charge >= 0.3 is 29.6 Å². The van der Waals surface area contributed by atoms with Gasteiger partial charge in [-0.15, -0.1) is 152 Å². The number of aliphatic hydroxyl groups excluding tert-OH is 2. The van der Waals surface area contributed by atoms with E-state index in [-0.39, 0.29) is 175 Å². The first-order chi connectivity index (χ1) is 24.7. The molecule has 1 saturated heterocycles. The number of aliphatic hydroxyl groups is 2. The first-order valence-corrected chi connectivity index (χ1v) is 22.5. The van der Waals surface area contributed by atoms with E-state index in [1.54, 1.807) is 0 Å². The molecule has 1 aliphatic rings. The summed E-state index contributed by atoms with van der Waals surface area (Å²) in [4.78, 5) is 58.1. The first kappa shape index (κ1) is 115. The number of ketones is 6. The molecule has 4 N–H and O–H groups in total. The smallest absolute Gasteiger partial charge is 1.00 e. The molecule has 0 amide bonds. The molecule has 0 aromatic heterocycles. The van der Waals surface area contributed by atoms with E-state index < -0.39 is 12.2 Å². The zero-order chi connectivity index (χ0) is 45.4. The van der Waals surface area contributed by atoms with E-state index in [9.17, 15) is 28.8 Å². The molecular formula is C28H57Cl20NaO10. The van der Waals surface area contributed by atoms with Crippen LogP contribution >= 0.6 is 218 Å². The van der Waals surface area contributed by atoms with Crippen LogP contribution in [0.1, 0.15) is 50.4 Å². The maximum absolute atomic E-state index is 9.92. The Balaban J connectivity index is -0.0000000201. The van der Waals surface area contributed by atoms with Crippen LogP contribution in [0.3, 0.4) is 0 Å². The third-order valence-corrected chi connectivity index (χ3v) is 5.97. The number of epoxide rings is 1. The second kappa shape index (κ2) is 119. The van der Waals surface area contributed by atoms with Gasteiger partial charge in [-0.05, 0) is 41.5 Å². The minimum absolute atomic E-state index is 0. The fourth-order valence-electron chi connectivity index (χ4n) is 0.311. The Bertz CT molecular complexity index is 672. The summed E-state index contributed by atoms with van der Waals surface area (Å²) in [6.07, 6.45) is -0.668. The van der Waals surface area contributed by atoms with Crippen molar-refractivity contribution < 1.29 is 92.6 Å². The standard InChI is InChI=1S/2C3H6Cl2O.2C3H4Cl2O.3C3H5ClO.2C3H6O.CH4.3Cl2.3ClH.Na.H2O.H2/c4*4-1-3(6)2-5;4-1-3-2-5-3;2*1-3(5)2-4;2*1-3(2)4;;3*1-2;;;;;;/h2*3,6H,1-2H2;2*1-2H2;3H,1-2H2;2*2H2,1H3;2*1-2H3;1H4;;;;3*1H;;1H2;1H/q;;;;;;;;;;;;;;;;+1;;/p-1. The van der Waals surface area contributed by atoms with E-state index >= 15 is 0 Å². The number of ether oxygens (including phenoxy) is 1. The van der Waals surface area contributed by atoms with Gasteiger partial charge in [-0.25, -0.2) is 0 Å². The molecule has 0 aliphatic carbocycles. The number of alkyl halides is 11. The van der Waals surface area contributed by atoms with Gasteiger partial charge in [-0.2, -0.15) is 0 Å². The summed E-state index contributed by atoms with van der Waals surface area (Å²) in [5, 5.41) is 16.8. The van der Waals surface area contributed by atoms with Crippen LogP contribution in [-0.2, 0) is 33.5 Å². The predicted octanol–water partition coefficient (Wildman–Crippen LogP) is 6.21. The predicted molar refractivity (Wildman–Crippen MR) is 266 cm³/mol. The number of rotatable bonds is 11. The molecule has 1 atom stereocenters. The summed E-state index contributed by atoms with van der Waals surface area (Å²) >= 11 is 55.8. The Morgan fingerprint density at radius 1 is 0.525 bits per heavy atom. The van der Waals surface area contributed by atoms with Crippen molar-refractivity contribution in [1.29, 1.82) is 0 Å². The van der Waals surface area contributed by atoms with Crippen molar-refractivity contribution in [3.8, 4) is 0 Å². The fourth-order valence-corrected chi connectivity index (χ4v) is 1.72. The molecule has 0 aromatic carbocycles. The maximum Gasteiger partial charge on any atom is 1.00 e. The molecule has 0 bridgehead atoms. The number of halogens is 20. The van der Waals surface area contributed by atoms with Crippen LogP contribution in [0.5, 0.6) is 0 Å². The van der Waals surface area contributed by atoms with Crippen molar-refractivity contribution >= 4 is 252 Å². The van der Waals surface area contributed by atoms with E-state index in [1.807, 2.05) is 0 Å². The van der Waals surface area contributed by atoms with Crippen molar-refractivity contribution in [2.45, 2.75) is 67.3 Å². The van der Waals surface area contributed by atoms with E-state index in [2.05, 4.69) is 65.1 Å². The largest absolute Gasteiger partial charge is 1.00 e. The van der Waals surface area contributed by atoms with Crippen molar-refractivity contribution in [2.75, 3.05) is 71.3 Å². The van der Waals surface area contributed by atoms with Crippen molar-refractivity contribution in [2.24, 2.45) is 0 Å². The molecule has 370 valence electrons. The van der Waals surface area contributed by atoms with Gasteiger partial charge in [0.1, 0.15) is 23.1 Å². The molecule has 1 aliphatic heterocycles. The molecule has 0 radical (unpaired) electrons. The molecule has 10 nitrogen and oxygen atoms in total. The van der Waals surface area contributed by atoms with Gasteiger partial charge in [-0.1, -0.05) is 7.43 Å². The van der Waals surface area contributed by atoms with Gasteiger partial charge in [0.25, 0.3) is 0 Å². The van der Waals surface area contributed by atoms with Gasteiger partial charge in [-0.3, -0.25) is 19.2 Å². The zero-order valence-electron chi connectivity index (χ0n) is 32.1. The molecule has 31 heteroatoms. The summed E-state index contributed by atoms with van der Waals surface area (Å²) < 4.78 is 4.73. The average Bonchev–Trinajstić information content (AvgIpc) is 4.02. The normalized spacial score (nSPS) is 9.10. The van der Waals surface area contributed by atoms with Gasteiger partial charge in [0.15, 0.2) is 11.6 Å². The number of hydrogen-bond acceptors (Lipinski definition) is 9. The minimum Gasteiger partial charge on any atom is -1.00 e. The third kappa shape index (κ3) is 262. The number of carbonyl (C=O) groups is 6. The first-order valence-electron chi connectivity index (χ1n) is 13.2. The maximum atomic E-state index is 9.92. The second-order valence-corrected chi connectivity index (χ2v) is 11.3. The van der Waals surface area contributed by atoms with Crippen molar-refractivity contribution in [3.63, 3.8) is 0 Å². The molecule has 0 spiro atoms. The third-order valence-electron chi connectivity index (χ3n) is 2.26. The summed E-state index contributed by atoms with van der Waals surface area (Å²) in [7, 11) is 24.7. The molecule has 0 aromatic rings. The van der Waals surface area contributed by atoms with Crippen LogP contribution in [-0.4, -0.2) is 140 Å². The Morgan fingerprint density at radius 2 is 0.661 bits per heavy atom. The molecule has 1 fully saturated rings. The van der Waals surface area contributed by atoms with Gasteiger partial charge < -0.3 is 42.4 Å².